The molecule has 2 aromatic rings. The SMILES string of the molecule is COc1ccc(S(=O)(=O)Nc2ccccc2C)cc1Cl. The molecule has 6 heteroatoms. The molecule has 20 heavy (non-hydrogen) atoms. The highest BCUT2D eigenvalue weighted by atomic mass is 35.5. The van der Waals surface area contributed by atoms with Crippen molar-refractivity contribution in [2.45, 2.75) is 11.8 Å². The minimum Gasteiger partial charge on any atom is -0.495 e. The molecule has 0 atom stereocenters. The van der Waals surface area contributed by atoms with Crippen LogP contribution in [-0.2, 0) is 10.0 Å². The van der Waals surface area contributed by atoms with Crippen LogP contribution in [0.1, 0.15) is 5.56 Å². The minimum absolute atomic E-state index is 0.0894. The monoisotopic (exact) mass is 311 g/mol. The average Bonchev–Trinajstić information content (AvgIpc) is 2.41. The molecule has 0 saturated heterocycles. The second kappa shape index (κ2) is 5.73. The number of hydrogen-bond donors (Lipinski definition) is 1. The van der Waals surface area contributed by atoms with E-state index in [1.807, 2.05) is 19.1 Å². The molecular formula is C14H14ClNO3S. The van der Waals surface area contributed by atoms with Crippen LogP contribution in [0, 0.1) is 6.92 Å². The molecule has 0 fully saturated rings. The third-order valence-electron chi connectivity index (χ3n) is 2.82. The molecule has 0 aliphatic carbocycles. The lowest BCUT2D eigenvalue weighted by Crippen LogP contribution is -2.13. The Balaban J connectivity index is 2.36. The van der Waals surface area contributed by atoms with Gasteiger partial charge in [0.25, 0.3) is 10.0 Å². The molecular weight excluding hydrogens is 298 g/mol. The Hall–Kier alpha value is -1.72. The predicted octanol–water partition coefficient (Wildman–Crippen LogP) is 3.46. The highest BCUT2D eigenvalue weighted by Gasteiger charge is 2.16. The number of benzene rings is 2. The number of sulfonamides is 1. The normalized spacial score (nSPS) is 11.2. The molecule has 0 amide bonds. The molecule has 2 rings (SSSR count). The van der Waals surface area contributed by atoms with Gasteiger partial charge in [0.2, 0.25) is 0 Å². The van der Waals surface area contributed by atoms with Gasteiger partial charge in [-0.3, -0.25) is 4.72 Å². The summed E-state index contributed by atoms with van der Waals surface area (Å²) in [5, 5.41) is 0.250. The van der Waals surface area contributed by atoms with E-state index in [4.69, 9.17) is 16.3 Å². The largest absolute Gasteiger partial charge is 0.495 e. The molecule has 0 aliphatic rings. The number of aryl methyl sites for hydroxylation is 1. The lowest BCUT2D eigenvalue weighted by molar-refractivity contribution is 0.414. The van der Waals surface area contributed by atoms with Crippen molar-refractivity contribution in [2.24, 2.45) is 0 Å². The van der Waals surface area contributed by atoms with E-state index in [1.165, 1.54) is 25.3 Å². The molecule has 4 nitrogen and oxygen atoms in total. The topological polar surface area (TPSA) is 55.4 Å². The quantitative estimate of drug-likeness (QED) is 0.940. The number of ether oxygens (including phenoxy) is 1. The molecule has 0 saturated carbocycles. The summed E-state index contributed by atoms with van der Waals surface area (Å²) < 4.78 is 32.1. The van der Waals surface area contributed by atoms with Crippen LogP contribution in [0.5, 0.6) is 5.75 Å². The highest BCUT2D eigenvalue weighted by Crippen LogP contribution is 2.28. The Morgan fingerprint density at radius 1 is 1.15 bits per heavy atom. The standard InChI is InChI=1S/C14H14ClNO3S/c1-10-5-3-4-6-13(10)16-20(17,18)11-7-8-14(19-2)12(15)9-11/h3-9,16H,1-2H3. The zero-order chi connectivity index (χ0) is 14.8. The minimum atomic E-state index is -3.67. The number of methoxy groups -OCH3 is 1. The number of anilines is 1. The first kappa shape index (κ1) is 14.7. The van der Waals surface area contributed by atoms with Crippen LogP contribution in [-0.4, -0.2) is 15.5 Å². The second-order valence-corrected chi connectivity index (χ2v) is 6.31. The summed E-state index contributed by atoms with van der Waals surface area (Å²) >= 11 is 5.95. The van der Waals surface area contributed by atoms with Crippen LogP contribution in [0.3, 0.4) is 0 Å². The third kappa shape index (κ3) is 3.05. The van der Waals surface area contributed by atoms with Gasteiger partial charge in [-0.05, 0) is 36.8 Å². The summed E-state index contributed by atoms with van der Waals surface area (Å²) in [6.45, 7) is 1.83. The number of hydrogen-bond acceptors (Lipinski definition) is 3. The number of rotatable bonds is 4. The van der Waals surface area contributed by atoms with Crippen LogP contribution in [0.4, 0.5) is 5.69 Å². The van der Waals surface area contributed by atoms with Crippen molar-refractivity contribution < 1.29 is 13.2 Å². The van der Waals surface area contributed by atoms with Crippen LogP contribution < -0.4 is 9.46 Å². The van der Waals surface area contributed by atoms with Crippen molar-refractivity contribution >= 4 is 27.3 Å². The summed E-state index contributed by atoms with van der Waals surface area (Å²) in [7, 11) is -2.20. The molecule has 0 unspecified atom stereocenters. The Morgan fingerprint density at radius 2 is 1.85 bits per heavy atom. The van der Waals surface area contributed by atoms with Gasteiger partial charge in [0.05, 0.1) is 22.7 Å². The smallest absolute Gasteiger partial charge is 0.261 e. The van der Waals surface area contributed by atoms with E-state index in [1.54, 1.807) is 12.1 Å². The summed E-state index contributed by atoms with van der Waals surface area (Å²) in [6.07, 6.45) is 0. The molecule has 0 bridgehead atoms. The van der Waals surface area contributed by atoms with Gasteiger partial charge in [-0.2, -0.15) is 0 Å². The van der Waals surface area contributed by atoms with E-state index >= 15 is 0 Å². The van der Waals surface area contributed by atoms with E-state index < -0.39 is 10.0 Å². The van der Waals surface area contributed by atoms with Crippen LogP contribution in [0.2, 0.25) is 5.02 Å². The first-order chi connectivity index (χ1) is 9.44. The van der Waals surface area contributed by atoms with Gasteiger partial charge in [-0.15, -0.1) is 0 Å². The Labute approximate surface area is 123 Å². The number of nitrogens with one attached hydrogen (secondary N) is 1. The maximum absolute atomic E-state index is 12.3. The Kier molecular flexibility index (Phi) is 4.20. The van der Waals surface area contributed by atoms with E-state index in [-0.39, 0.29) is 9.92 Å². The lowest BCUT2D eigenvalue weighted by atomic mass is 10.2. The molecule has 1 N–H and O–H groups in total. The lowest BCUT2D eigenvalue weighted by Gasteiger charge is -2.11. The van der Waals surface area contributed by atoms with Gasteiger partial charge in [-0.25, -0.2) is 8.42 Å². The van der Waals surface area contributed by atoms with Crippen LogP contribution in [0.25, 0.3) is 0 Å². The van der Waals surface area contributed by atoms with Gasteiger partial charge in [0.1, 0.15) is 5.75 Å². The molecule has 106 valence electrons. The first-order valence-corrected chi connectivity index (χ1v) is 7.72. The summed E-state index contributed by atoms with van der Waals surface area (Å²) in [4.78, 5) is 0.0894. The van der Waals surface area contributed by atoms with Crippen molar-refractivity contribution in [1.82, 2.24) is 0 Å². The van der Waals surface area contributed by atoms with E-state index in [0.717, 1.165) is 5.56 Å². The van der Waals surface area contributed by atoms with E-state index in [2.05, 4.69) is 4.72 Å². The van der Waals surface area contributed by atoms with Crippen LogP contribution in [0.15, 0.2) is 47.4 Å². The molecule has 0 aliphatic heterocycles. The summed E-state index contributed by atoms with van der Waals surface area (Å²) in [6, 6.07) is 11.5. The average molecular weight is 312 g/mol. The van der Waals surface area contributed by atoms with Gasteiger partial charge >= 0.3 is 0 Å². The van der Waals surface area contributed by atoms with Crippen molar-refractivity contribution in [1.29, 1.82) is 0 Å². The molecule has 0 radical (unpaired) electrons. The highest BCUT2D eigenvalue weighted by molar-refractivity contribution is 7.92. The van der Waals surface area contributed by atoms with Crippen molar-refractivity contribution in [2.75, 3.05) is 11.8 Å². The van der Waals surface area contributed by atoms with Gasteiger partial charge in [0, 0.05) is 0 Å². The summed E-state index contributed by atoms with van der Waals surface area (Å²) in [5.74, 6) is 0.432. The zero-order valence-corrected chi connectivity index (χ0v) is 12.6. The maximum atomic E-state index is 12.3. The number of halogens is 1. The van der Waals surface area contributed by atoms with Gasteiger partial charge in [-0.1, -0.05) is 29.8 Å². The fourth-order valence-corrected chi connectivity index (χ4v) is 3.18. The van der Waals surface area contributed by atoms with Crippen molar-refractivity contribution in [3.05, 3.63) is 53.1 Å². The fourth-order valence-electron chi connectivity index (χ4n) is 1.71. The predicted molar refractivity (Wildman–Crippen MR) is 80.0 cm³/mol. The molecule has 0 heterocycles. The molecule has 2 aromatic carbocycles. The maximum Gasteiger partial charge on any atom is 0.261 e. The van der Waals surface area contributed by atoms with Crippen LogP contribution >= 0.6 is 11.6 Å². The van der Waals surface area contributed by atoms with E-state index in [9.17, 15) is 8.42 Å². The zero-order valence-electron chi connectivity index (χ0n) is 11.1. The third-order valence-corrected chi connectivity index (χ3v) is 4.48. The Bertz CT molecular complexity index is 729. The summed E-state index contributed by atoms with van der Waals surface area (Å²) in [5.41, 5.74) is 1.38. The second-order valence-electron chi connectivity index (χ2n) is 4.22. The van der Waals surface area contributed by atoms with E-state index in [0.29, 0.717) is 11.4 Å². The van der Waals surface area contributed by atoms with Crippen molar-refractivity contribution in [3.63, 3.8) is 0 Å². The Morgan fingerprint density at radius 3 is 2.45 bits per heavy atom. The van der Waals surface area contributed by atoms with Crippen molar-refractivity contribution in [3.8, 4) is 5.75 Å². The van der Waals surface area contributed by atoms with Gasteiger partial charge < -0.3 is 4.74 Å². The first-order valence-electron chi connectivity index (χ1n) is 5.86. The number of para-hydroxylation sites is 1. The van der Waals surface area contributed by atoms with Gasteiger partial charge in [0.15, 0.2) is 0 Å². The molecule has 0 spiro atoms. The molecule has 0 aromatic heterocycles. The fraction of sp³-hybridized carbons (Fsp3) is 0.143.